The number of hydroxylamine groups is 1. The van der Waals surface area contributed by atoms with Crippen molar-refractivity contribution >= 4 is 40.5 Å². The van der Waals surface area contributed by atoms with Gasteiger partial charge in [-0.1, -0.05) is 24.3 Å². The van der Waals surface area contributed by atoms with Crippen molar-refractivity contribution in [3.05, 3.63) is 130 Å². The number of ether oxygens (including phenoxy) is 1. The van der Waals surface area contributed by atoms with Crippen molar-refractivity contribution in [2.45, 2.75) is 106 Å². The Hall–Kier alpha value is -6.82. The molecule has 17 heteroatoms. The Morgan fingerprint density at radius 3 is 2.27 bits per heavy atom. The monoisotopic (exact) mass is 898 g/mol. The maximum absolute atomic E-state index is 13.8. The molecule has 1 amide bonds. The maximum atomic E-state index is 13.8. The van der Waals surface area contributed by atoms with E-state index in [1.165, 1.54) is 0 Å². The summed E-state index contributed by atoms with van der Waals surface area (Å²) >= 11 is 0. The molecule has 6 aromatic rings. The molecule has 0 saturated heterocycles. The molecule has 0 spiro atoms. The lowest BCUT2D eigenvalue weighted by atomic mass is 10.1. The van der Waals surface area contributed by atoms with E-state index in [1.807, 2.05) is 106 Å². The molecule has 17 nitrogen and oxygen atoms in total. The van der Waals surface area contributed by atoms with E-state index in [0.29, 0.717) is 66.5 Å². The van der Waals surface area contributed by atoms with Gasteiger partial charge in [0.15, 0.2) is 6.29 Å². The summed E-state index contributed by atoms with van der Waals surface area (Å²) in [5.74, 6) is 0.622. The molecule has 0 saturated carbocycles. The van der Waals surface area contributed by atoms with E-state index in [0.717, 1.165) is 63.8 Å². The molecule has 4 aromatic heterocycles. The molecule has 348 valence electrons. The summed E-state index contributed by atoms with van der Waals surface area (Å²) < 4.78 is 12.2. The first-order chi connectivity index (χ1) is 31.8. The second-order valence-corrected chi connectivity index (χ2v) is 16.5. The molecule has 3 N–H and O–H groups in total. The molecular formula is C49H62N12O5. The number of fused-ring (bicyclic) bond motifs is 2. The van der Waals surface area contributed by atoms with Crippen molar-refractivity contribution < 1.29 is 24.0 Å². The van der Waals surface area contributed by atoms with E-state index >= 15 is 0 Å². The molecular weight excluding hydrogens is 837 g/mol. The van der Waals surface area contributed by atoms with Crippen LogP contribution in [-0.4, -0.2) is 72.8 Å². The molecule has 0 bridgehead atoms. The van der Waals surface area contributed by atoms with Gasteiger partial charge >= 0.3 is 0 Å². The number of amides is 1. The second kappa shape index (κ2) is 21.0. The number of hydrogen-bond donors (Lipinski definition) is 3. The lowest BCUT2D eigenvalue weighted by Gasteiger charge is -2.31. The Morgan fingerprint density at radius 1 is 0.909 bits per heavy atom. The highest BCUT2D eigenvalue weighted by atomic mass is 16.7. The van der Waals surface area contributed by atoms with Crippen LogP contribution in [0.2, 0.25) is 0 Å². The minimum atomic E-state index is -0.413. The molecule has 0 radical (unpaired) electrons. The first kappa shape index (κ1) is 47.2. The van der Waals surface area contributed by atoms with Crippen molar-refractivity contribution in [1.82, 2.24) is 44.9 Å². The van der Waals surface area contributed by atoms with Crippen LogP contribution in [0.3, 0.4) is 0 Å². The van der Waals surface area contributed by atoms with Crippen molar-refractivity contribution in [2.24, 2.45) is 0 Å². The van der Waals surface area contributed by atoms with Gasteiger partial charge in [0.25, 0.3) is 5.91 Å². The number of carbonyl (C=O) groups is 2. The first-order valence-corrected chi connectivity index (χ1v) is 22.5. The van der Waals surface area contributed by atoms with Crippen LogP contribution >= 0.6 is 0 Å². The number of allylic oxidation sites excluding steroid dienone is 1. The third kappa shape index (κ3) is 10.2. The normalized spacial score (nSPS) is 14.5. The summed E-state index contributed by atoms with van der Waals surface area (Å²) in [5.41, 5.74) is 17.0. The zero-order valence-corrected chi connectivity index (χ0v) is 39.5. The third-order valence-corrected chi connectivity index (χ3v) is 11.7. The summed E-state index contributed by atoms with van der Waals surface area (Å²) in [4.78, 5) is 52.1. The van der Waals surface area contributed by atoms with Gasteiger partial charge in [0.1, 0.15) is 29.8 Å². The van der Waals surface area contributed by atoms with Crippen molar-refractivity contribution in [1.29, 1.82) is 0 Å². The number of aldehydes is 1. The second-order valence-electron chi connectivity index (χ2n) is 16.5. The summed E-state index contributed by atoms with van der Waals surface area (Å²) in [7, 11) is 1.98. The Bertz CT molecular complexity index is 2720. The minimum absolute atomic E-state index is 0.266. The molecule has 3 atom stereocenters. The van der Waals surface area contributed by atoms with Crippen LogP contribution in [0.4, 0.5) is 17.3 Å². The van der Waals surface area contributed by atoms with Gasteiger partial charge in [-0.3, -0.25) is 33.6 Å². The number of hydrogen-bond acceptors (Lipinski definition) is 13. The van der Waals surface area contributed by atoms with Gasteiger partial charge in [0.2, 0.25) is 5.95 Å². The van der Waals surface area contributed by atoms with Gasteiger partial charge in [0.05, 0.1) is 58.5 Å². The Morgan fingerprint density at radius 2 is 1.61 bits per heavy atom. The van der Waals surface area contributed by atoms with Crippen LogP contribution in [0.1, 0.15) is 107 Å². The minimum Gasteiger partial charge on any atom is -0.491 e. The van der Waals surface area contributed by atoms with Gasteiger partial charge in [0, 0.05) is 50.6 Å². The number of imidazole rings is 1. The molecule has 7 rings (SSSR count). The number of carbonyl (C=O) groups excluding carboxylic acids is 2. The SMILES string of the molecule is C=CCCOc1cc(C(=O)NCc2ncccc2C)cc2nc(NOC(C)c3cc(C)nn3CC)n(C/C=C/CN3c4c(C)cc(C=O)cc4N(C)C3NOC(C)c3cc(C)nn3CC)c12. The lowest BCUT2D eigenvalue weighted by molar-refractivity contribution is -0.0390. The standard InChI is InChI=1S/C49H62N12O5/c1-11-14-22-64-44-28-38(47(63)51-29-40-31(4)18-17-19-50-40)27-39-46(44)58(48(52-39)55-65-35(8)41-24-33(6)53-60(41)12-2)20-15-16-21-59-45-32(5)23-37(30-62)26-43(45)57(10)49(59)56-66-36(9)42-25-34(7)54-61(42)13-3/h11,15-19,23-28,30,35-36,49,56H,1,12-14,20-22,29H2,2-10H3,(H,51,63)(H,52,55)/b16-15+. The Labute approximate surface area is 386 Å². The van der Waals surface area contributed by atoms with Crippen LogP contribution in [0.5, 0.6) is 5.75 Å². The number of anilines is 3. The molecule has 1 aliphatic rings. The highest BCUT2D eigenvalue weighted by Gasteiger charge is 2.35. The number of aryl methyl sites for hydroxylation is 6. The number of pyridine rings is 1. The fourth-order valence-electron chi connectivity index (χ4n) is 8.33. The average molecular weight is 899 g/mol. The van der Waals surface area contributed by atoms with Crippen LogP contribution in [0, 0.1) is 27.7 Å². The topological polar surface area (TPSA) is 171 Å². The quantitative estimate of drug-likeness (QED) is 0.0260. The number of aromatic nitrogens is 7. The number of rotatable bonds is 22. The average Bonchev–Trinajstić information content (AvgIpc) is 4.06. The van der Waals surface area contributed by atoms with Crippen molar-refractivity contribution in [3.63, 3.8) is 0 Å². The predicted octanol–water partition coefficient (Wildman–Crippen LogP) is 7.98. The van der Waals surface area contributed by atoms with Crippen LogP contribution in [-0.2, 0) is 35.9 Å². The summed E-state index contributed by atoms with van der Waals surface area (Å²) in [6.45, 7) is 22.7. The van der Waals surface area contributed by atoms with Gasteiger partial charge in [-0.2, -0.15) is 15.7 Å². The highest BCUT2D eigenvalue weighted by Crippen LogP contribution is 2.41. The van der Waals surface area contributed by atoms with Crippen molar-refractivity contribution in [3.8, 4) is 5.75 Å². The first-order valence-electron chi connectivity index (χ1n) is 22.5. The van der Waals surface area contributed by atoms with Gasteiger partial charge < -0.3 is 24.4 Å². The Kier molecular flexibility index (Phi) is 15.0. The number of nitrogens with one attached hydrogen (secondary N) is 3. The molecule has 66 heavy (non-hydrogen) atoms. The Balaban J connectivity index is 1.21. The van der Waals surface area contributed by atoms with E-state index in [9.17, 15) is 9.59 Å². The molecule has 0 fully saturated rings. The molecule has 0 aliphatic carbocycles. The zero-order valence-electron chi connectivity index (χ0n) is 39.5. The molecule has 1 aliphatic heterocycles. The summed E-state index contributed by atoms with van der Waals surface area (Å²) in [6.07, 6.45) is 8.03. The molecule has 2 aromatic carbocycles. The third-order valence-electron chi connectivity index (χ3n) is 11.7. The van der Waals surface area contributed by atoms with Crippen molar-refractivity contribution in [2.75, 3.05) is 35.5 Å². The summed E-state index contributed by atoms with van der Waals surface area (Å²) in [5, 5.41) is 12.2. The van der Waals surface area contributed by atoms with E-state index in [2.05, 4.69) is 66.9 Å². The largest absolute Gasteiger partial charge is 0.491 e. The van der Waals surface area contributed by atoms with Gasteiger partial charge in [-0.25, -0.2) is 10.5 Å². The fourth-order valence-corrected chi connectivity index (χ4v) is 8.33. The zero-order chi connectivity index (χ0) is 47.1. The van der Waals surface area contributed by atoms with Gasteiger partial charge in [-0.05, 0) is 115 Å². The predicted molar refractivity (Wildman–Crippen MR) is 256 cm³/mol. The molecule has 3 unspecified atom stereocenters. The van der Waals surface area contributed by atoms with E-state index in [1.54, 1.807) is 24.4 Å². The lowest BCUT2D eigenvalue weighted by Crippen LogP contribution is -2.52. The number of benzene rings is 2. The van der Waals surface area contributed by atoms with Crippen LogP contribution in [0.15, 0.2) is 79.5 Å². The smallest absolute Gasteiger partial charge is 0.251 e. The summed E-state index contributed by atoms with van der Waals surface area (Å²) in [6, 6.07) is 15.2. The van der Waals surface area contributed by atoms with Gasteiger partial charge in [-0.15, -0.1) is 6.58 Å². The van der Waals surface area contributed by atoms with Crippen LogP contribution in [0.25, 0.3) is 11.0 Å². The highest BCUT2D eigenvalue weighted by molar-refractivity contribution is 5.99. The number of nitrogens with zero attached hydrogens (tertiary/aromatic N) is 9. The van der Waals surface area contributed by atoms with E-state index < -0.39 is 6.29 Å². The fraction of sp³-hybridized carbons (Fsp3) is 0.388. The van der Waals surface area contributed by atoms with E-state index in [4.69, 9.17) is 19.4 Å². The van der Waals surface area contributed by atoms with Crippen LogP contribution < -0.4 is 30.8 Å². The molecule has 5 heterocycles. The maximum Gasteiger partial charge on any atom is 0.251 e. The van der Waals surface area contributed by atoms with E-state index in [-0.39, 0.29) is 24.7 Å².